The van der Waals surface area contributed by atoms with Crippen molar-refractivity contribution in [2.45, 2.75) is 6.42 Å². The van der Waals surface area contributed by atoms with Crippen LogP contribution in [0.4, 0.5) is 11.5 Å². The standard InChI is InChI=1S/C26H28N6O3S/c1-31-24(17-6-4-7-18(14-17)25(33)32-12-5-10-27-11-13-32)30-23(22-26(31)36-16-28-22)29-19-8-9-20(34-2)21(15-19)35-3/h4,6-9,14-16,27H,5,10-13H2,1-3H3/p+1. The molecule has 1 amide bonds. The molecule has 2 aromatic carbocycles. The number of thiazole rings is 1. The fourth-order valence-corrected chi connectivity index (χ4v) is 5.15. The number of aryl methyl sites for hydroxylation is 1. The van der Waals surface area contributed by atoms with E-state index in [0.29, 0.717) is 29.4 Å². The number of nitrogens with one attached hydrogen (secondary N) is 2. The SMILES string of the molecule is COc1ccc(Nc2nc(-c3cccc(C(=O)N4CCCNCC4)c3)[n+](C)c3scnc23)cc1OC. The summed E-state index contributed by atoms with van der Waals surface area (Å²) in [6, 6.07) is 13.3. The Morgan fingerprint density at radius 1 is 1.11 bits per heavy atom. The van der Waals surface area contributed by atoms with Crippen LogP contribution in [0.2, 0.25) is 0 Å². The Balaban J connectivity index is 1.52. The lowest BCUT2D eigenvalue weighted by Gasteiger charge is -2.20. The Morgan fingerprint density at radius 2 is 1.97 bits per heavy atom. The van der Waals surface area contributed by atoms with Crippen molar-refractivity contribution in [3.05, 3.63) is 53.5 Å². The van der Waals surface area contributed by atoms with E-state index in [1.54, 1.807) is 25.6 Å². The number of carbonyl (C=O) groups excluding carboxylic acids is 1. The van der Waals surface area contributed by atoms with Gasteiger partial charge in [-0.15, -0.1) is 0 Å². The summed E-state index contributed by atoms with van der Waals surface area (Å²) in [6.45, 7) is 3.22. The van der Waals surface area contributed by atoms with Crippen LogP contribution >= 0.6 is 11.3 Å². The number of rotatable bonds is 6. The molecule has 1 aliphatic rings. The third-order valence-corrected chi connectivity index (χ3v) is 7.16. The molecule has 0 aliphatic carbocycles. The van der Waals surface area contributed by atoms with Gasteiger partial charge in [0.15, 0.2) is 17.0 Å². The summed E-state index contributed by atoms with van der Waals surface area (Å²) in [5.74, 6) is 2.68. The van der Waals surface area contributed by atoms with Gasteiger partial charge in [0.05, 0.1) is 32.3 Å². The maximum Gasteiger partial charge on any atom is 0.333 e. The molecular formula is C26H29N6O3S+. The monoisotopic (exact) mass is 505 g/mol. The maximum atomic E-state index is 13.2. The molecule has 2 aromatic heterocycles. The summed E-state index contributed by atoms with van der Waals surface area (Å²) in [5.41, 5.74) is 4.90. The molecule has 2 N–H and O–H groups in total. The Bertz CT molecular complexity index is 1400. The second-order valence-electron chi connectivity index (χ2n) is 8.52. The average molecular weight is 506 g/mol. The van der Waals surface area contributed by atoms with Gasteiger partial charge in [-0.25, -0.2) is 9.55 Å². The van der Waals surface area contributed by atoms with Gasteiger partial charge in [-0.2, -0.15) is 0 Å². The molecule has 186 valence electrons. The molecule has 1 fully saturated rings. The molecular weight excluding hydrogens is 476 g/mol. The maximum absolute atomic E-state index is 13.2. The highest BCUT2D eigenvalue weighted by molar-refractivity contribution is 7.15. The van der Waals surface area contributed by atoms with Crippen LogP contribution in [0.25, 0.3) is 21.7 Å². The van der Waals surface area contributed by atoms with Crippen LogP contribution in [-0.2, 0) is 7.05 Å². The highest BCUT2D eigenvalue weighted by Gasteiger charge is 2.25. The number of ether oxygens (including phenoxy) is 2. The lowest BCUT2D eigenvalue weighted by Crippen LogP contribution is -2.34. The molecule has 1 aliphatic heterocycles. The molecule has 9 nitrogen and oxygen atoms in total. The van der Waals surface area contributed by atoms with Gasteiger partial charge in [0.25, 0.3) is 11.7 Å². The van der Waals surface area contributed by atoms with Crippen LogP contribution < -0.4 is 24.7 Å². The van der Waals surface area contributed by atoms with Gasteiger partial charge in [0, 0.05) is 37.0 Å². The normalized spacial score (nSPS) is 13.9. The quantitative estimate of drug-likeness (QED) is 0.388. The fourth-order valence-electron chi connectivity index (χ4n) is 4.39. The van der Waals surface area contributed by atoms with E-state index in [1.165, 1.54) is 0 Å². The Kier molecular flexibility index (Phi) is 6.97. The van der Waals surface area contributed by atoms with Gasteiger partial charge in [0.2, 0.25) is 4.83 Å². The molecule has 36 heavy (non-hydrogen) atoms. The minimum Gasteiger partial charge on any atom is -0.493 e. The molecule has 0 unspecified atom stereocenters. The number of carbonyl (C=O) groups is 1. The minimum absolute atomic E-state index is 0.0470. The fraction of sp³-hybridized carbons (Fsp3) is 0.308. The van der Waals surface area contributed by atoms with E-state index >= 15 is 0 Å². The minimum atomic E-state index is 0.0470. The number of fused-ring (bicyclic) bond motifs is 1. The summed E-state index contributed by atoms with van der Waals surface area (Å²) < 4.78 is 12.8. The van der Waals surface area contributed by atoms with Gasteiger partial charge in [0.1, 0.15) is 0 Å². The number of aromatic nitrogens is 3. The van der Waals surface area contributed by atoms with E-state index in [1.807, 2.05) is 64.5 Å². The first-order valence-electron chi connectivity index (χ1n) is 11.8. The highest BCUT2D eigenvalue weighted by atomic mass is 32.1. The topological polar surface area (TPSA) is 92.5 Å². The molecule has 3 heterocycles. The Morgan fingerprint density at radius 3 is 2.81 bits per heavy atom. The number of amides is 1. The van der Waals surface area contributed by atoms with Crippen LogP contribution in [0.3, 0.4) is 0 Å². The van der Waals surface area contributed by atoms with Crippen LogP contribution in [0.5, 0.6) is 11.5 Å². The third-order valence-electron chi connectivity index (χ3n) is 6.25. The van der Waals surface area contributed by atoms with E-state index in [9.17, 15) is 4.79 Å². The van der Waals surface area contributed by atoms with Gasteiger partial charge in [-0.05, 0) is 48.3 Å². The lowest BCUT2D eigenvalue weighted by molar-refractivity contribution is -0.634. The molecule has 1 saturated heterocycles. The molecule has 4 aromatic rings. The predicted octanol–water partition coefficient (Wildman–Crippen LogP) is 3.38. The predicted molar refractivity (Wildman–Crippen MR) is 140 cm³/mol. The van der Waals surface area contributed by atoms with Crippen molar-refractivity contribution in [1.82, 2.24) is 20.2 Å². The van der Waals surface area contributed by atoms with Crippen molar-refractivity contribution < 1.29 is 18.8 Å². The van der Waals surface area contributed by atoms with Crippen molar-refractivity contribution in [2.75, 3.05) is 45.7 Å². The van der Waals surface area contributed by atoms with Gasteiger partial charge >= 0.3 is 5.82 Å². The zero-order valence-electron chi connectivity index (χ0n) is 20.6. The number of nitrogens with zero attached hydrogens (tertiary/aromatic N) is 4. The van der Waals surface area contributed by atoms with Crippen molar-refractivity contribution in [2.24, 2.45) is 7.05 Å². The Labute approximate surface area is 213 Å². The van der Waals surface area contributed by atoms with Crippen molar-refractivity contribution in [3.63, 3.8) is 0 Å². The first kappa shape index (κ1) is 24.0. The first-order valence-corrected chi connectivity index (χ1v) is 12.7. The Hall–Kier alpha value is -3.76. The van der Waals surface area contributed by atoms with Crippen molar-refractivity contribution in [1.29, 1.82) is 0 Å². The largest absolute Gasteiger partial charge is 0.493 e. The first-order chi connectivity index (χ1) is 17.6. The summed E-state index contributed by atoms with van der Waals surface area (Å²) in [5, 5.41) is 6.74. The molecule has 0 spiro atoms. The van der Waals surface area contributed by atoms with Gasteiger partial charge < -0.3 is 25.0 Å². The zero-order valence-corrected chi connectivity index (χ0v) is 21.4. The van der Waals surface area contributed by atoms with Crippen LogP contribution in [0.15, 0.2) is 48.0 Å². The van der Waals surface area contributed by atoms with E-state index in [4.69, 9.17) is 14.5 Å². The van der Waals surface area contributed by atoms with E-state index in [-0.39, 0.29) is 5.91 Å². The van der Waals surface area contributed by atoms with Crippen LogP contribution in [-0.4, -0.2) is 61.2 Å². The number of hydrogen-bond donors (Lipinski definition) is 2. The summed E-state index contributed by atoms with van der Waals surface area (Å²) >= 11 is 1.54. The smallest absolute Gasteiger partial charge is 0.333 e. The second kappa shape index (κ2) is 10.5. The third kappa shape index (κ3) is 4.69. The summed E-state index contributed by atoms with van der Waals surface area (Å²) in [7, 11) is 5.19. The summed E-state index contributed by atoms with van der Waals surface area (Å²) in [4.78, 5) is 25.6. The highest BCUT2D eigenvalue weighted by Crippen LogP contribution is 2.33. The van der Waals surface area contributed by atoms with Gasteiger partial charge in [-0.3, -0.25) is 4.79 Å². The number of benzene rings is 2. The van der Waals surface area contributed by atoms with Crippen LogP contribution in [0, 0.1) is 0 Å². The number of hydrogen-bond acceptors (Lipinski definition) is 8. The van der Waals surface area contributed by atoms with Gasteiger partial charge in [-0.1, -0.05) is 17.4 Å². The molecule has 0 saturated carbocycles. The zero-order chi connectivity index (χ0) is 25.1. The summed E-state index contributed by atoms with van der Waals surface area (Å²) in [6.07, 6.45) is 0.954. The number of anilines is 2. The van der Waals surface area contributed by atoms with E-state index < -0.39 is 0 Å². The average Bonchev–Trinajstić information content (AvgIpc) is 3.26. The van der Waals surface area contributed by atoms with Crippen molar-refractivity contribution >= 4 is 39.1 Å². The van der Waals surface area contributed by atoms with E-state index in [2.05, 4.69) is 15.6 Å². The molecule has 5 rings (SSSR count). The lowest BCUT2D eigenvalue weighted by atomic mass is 10.1. The second-order valence-corrected chi connectivity index (χ2v) is 9.35. The van der Waals surface area contributed by atoms with E-state index in [0.717, 1.165) is 53.5 Å². The van der Waals surface area contributed by atoms with Crippen LogP contribution in [0.1, 0.15) is 16.8 Å². The number of methoxy groups -OCH3 is 2. The van der Waals surface area contributed by atoms with Crippen molar-refractivity contribution in [3.8, 4) is 22.9 Å². The molecule has 0 radical (unpaired) electrons. The molecule has 0 bridgehead atoms. The molecule has 10 heteroatoms. The molecule has 0 atom stereocenters.